The van der Waals surface area contributed by atoms with Crippen molar-refractivity contribution in [3.8, 4) is 22.8 Å². The molecule has 8 heteroatoms. The summed E-state index contributed by atoms with van der Waals surface area (Å²) in [6, 6.07) is 19.6. The number of halogens is 2. The molecule has 0 fully saturated rings. The van der Waals surface area contributed by atoms with E-state index in [9.17, 15) is 8.78 Å². The molecule has 4 heterocycles. The third-order valence-corrected chi connectivity index (χ3v) is 4.97. The summed E-state index contributed by atoms with van der Waals surface area (Å²) in [4.78, 5) is 9.10. The fourth-order valence-corrected chi connectivity index (χ4v) is 3.50. The Morgan fingerprint density at radius 3 is 1.30 bits per heavy atom. The zero-order chi connectivity index (χ0) is 20.2. The van der Waals surface area contributed by atoms with Gasteiger partial charge in [0.05, 0.1) is 11.0 Å². The van der Waals surface area contributed by atoms with Gasteiger partial charge >= 0.3 is 0 Å². The van der Waals surface area contributed by atoms with Crippen LogP contribution in [0.5, 0.6) is 0 Å². The van der Waals surface area contributed by atoms with Gasteiger partial charge in [-0.3, -0.25) is 0 Å². The highest BCUT2D eigenvalue weighted by atomic mass is 19.1. The molecule has 0 unspecified atom stereocenters. The first-order valence-electron chi connectivity index (χ1n) is 9.23. The summed E-state index contributed by atoms with van der Waals surface area (Å²) < 4.78 is 29.9. The van der Waals surface area contributed by atoms with Crippen LogP contribution < -0.4 is 0 Å². The molecule has 0 radical (unpaired) electrons. The van der Waals surface area contributed by atoms with Gasteiger partial charge in [-0.1, -0.05) is 0 Å². The maximum absolute atomic E-state index is 13.2. The van der Waals surface area contributed by atoms with Gasteiger partial charge in [-0.15, -0.1) is 10.2 Å². The largest absolute Gasteiger partial charge is 0.211 e. The summed E-state index contributed by atoms with van der Waals surface area (Å²) in [7, 11) is 0. The smallest absolute Gasteiger partial charge is 0.182 e. The average Bonchev–Trinajstić information content (AvgIpc) is 3.39. The molecule has 6 rings (SSSR count). The normalized spacial score (nSPS) is 11.7. The van der Waals surface area contributed by atoms with Crippen LogP contribution in [0.3, 0.4) is 0 Å². The number of rotatable bonds is 2. The molecule has 0 aliphatic rings. The Morgan fingerprint density at radius 2 is 0.900 bits per heavy atom. The van der Waals surface area contributed by atoms with Gasteiger partial charge in [-0.05, 0) is 72.8 Å². The van der Waals surface area contributed by atoms with Gasteiger partial charge in [-0.25, -0.2) is 27.8 Å². The first-order valence-corrected chi connectivity index (χ1v) is 9.23. The molecule has 0 amide bonds. The van der Waals surface area contributed by atoms with Crippen LogP contribution in [0.2, 0.25) is 0 Å². The summed E-state index contributed by atoms with van der Waals surface area (Å²) in [6.07, 6.45) is 0. The number of aromatic nitrogens is 6. The Kier molecular flexibility index (Phi) is 3.43. The van der Waals surface area contributed by atoms with Crippen molar-refractivity contribution in [2.45, 2.75) is 0 Å². The van der Waals surface area contributed by atoms with E-state index in [-0.39, 0.29) is 11.6 Å². The molecule has 30 heavy (non-hydrogen) atoms. The van der Waals surface area contributed by atoms with E-state index in [1.54, 1.807) is 33.3 Å². The molecular formula is C22H12F2N6. The SMILES string of the molecule is Fc1ccc(-c2nc3ccc4c(ccc5nc(-c6ccc(F)cc6)nn54)n3n2)cc1. The highest BCUT2D eigenvalue weighted by Crippen LogP contribution is 2.23. The van der Waals surface area contributed by atoms with Gasteiger partial charge in [0.1, 0.15) is 11.6 Å². The van der Waals surface area contributed by atoms with Crippen molar-refractivity contribution in [2.75, 3.05) is 0 Å². The van der Waals surface area contributed by atoms with Crippen molar-refractivity contribution >= 4 is 22.3 Å². The van der Waals surface area contributed by atoms with Gasteiger partial charge in [0, 0.05) is 11.1 Å². The van der Waals surface area contributed by atoms with Crippen LogP contribution in [0.15, 0.2) is 72.8 Å². The lowest BCUT2D eigenvalue weighted by Gasteiger charge is -2.02. The van der Waals surface area contributed by atoms with Crippen molar-refractivity contribution in [3.05, 3.63) is 84.4 Å². The summed E-state index contributed by atoms with van der Waals surface area (Å²) in [5.74, 6) is 0.401. The summed E-state index contributed by atoms with van der Waals surface area (Å²) >= 11 is 0. The molecule has 0 atom stereocenters. The van der Waals surface area contributed by atoms with Gasteiger partial charge in [0.25, 0.3) is 0 Å². The van der Waals surface area contributed by atoms with Gasteiger partial charge in [-0.2, -0.15) is 0 Å². The monoisotopic (exact) mass is 398 g/mol. The zero-order valence-corrected chi connectivity index (χ0v) is 15.4. The third kappa shape index (κ3) is 2.54. The number of pyridine rings is 2. The van der Waals surface area contributed by atoms with Crippen LogP contribution in [0.1, 0.15) is 0 Å². The van der Waals surface area contributed by atoms with E-state index < -0.39 is 0 Å². The molecule has 0 aliphatic carbocycles. The third-order valence-electron chi connectivity index (χ3n) is 4.97. The molecule has 144 valence electrons. The standard InChI is InChI=1S/C22H12F2N6/c23-15-5-1-13(2-6-15)21-25-19-11-9-18-17(29(19)27-21)10-12-20-26-22(28-30(18)20)14-3-7-16(24)8-4-14/h1-12H. The van der Waals surface area contributed by atoms with E-state index >= 15 is 0 Å². The lowest BCUT2D eigenvalue weighted by atomic mass is 10.2. The molecule has 4 aromatic heterocycles. The zero-order valence-electron chi connectivity index (χ0n) is 15.4. The lowest BCUT2D eigenvalue weighted by molar-refractivity contribution is 0.627. The van der Waals surface area contributed by atoms with E-state index in [1.807, 2.05) is 24.3 Å². The van der Waals surface area contributed by atoms with Gasteiger partial charge in [0.2, 0.25) is 0 Å². The fraction of sp³-hybridized carbons (Fsp3) is 0. The second-order valence-electron chi connectivity index (χ2n) is 6.86. The minimum absolute atomic E-state index is 0.307. The first-order chi connectivity index (χ1) is 14.7. The Labute approximate surface area is 168 Å². The number of nitrogens with zero attached hydrogens (tertiary/aromatic N) is 6. The summed E-state index contributed by atoms with van der Waals surface area (Å²) in [5.41, 5.74) is 4.40. The van der Waals surface area contributed by atoms with E-state index in [2.05, 4.69) is 20.2 Å². The topological polar surface area (TPSA) is 60.4 Å². The number of benzene rings is 2. The molecular weight excluding hydrogens is 386 g/mol. The quantitative estimate of drug-likeness (QED) is 0.430. The molecule has 0 spiro atoms. The fourth-order valence-electron chi connectivity index (χ4n) is 3.50. The minimum atomic E-state index is -0.307. The van der Waals surface area contributed by atoms with Crippen molar-refractivity contribution in [1.29, 1.82) is 0 Å². The molecule has 0 aliphatic heterocycles. The van der Waals surface area contributed by atoms with Crippen molar-refractivity contribution in [3.63, 3.8) is 0 Å². The van der Waals surface area contributed by atoms with Crippen molar-refractivity contribution in [2.24, 2.45) is 0 Å². The van der Waals surface area contributed by atoms with Crippen LogP contribution in [0.25, 0.3) is 45.1 Å². The molecule has 2 aromatic carbocycles. The lowest BCUT2D eigenvalue weighted by Crippen LogP contribution is -1.97. The molecule has 0 bridgehead atoms. The predicted molar refractivity (Wildman–Crippen MR) is 108 cm³/mol. The van der Waals surface area contributed by atoms with Crippen LogP contribution in [0.4, 0.5) is 8.78 Å². The van der Waals surface area contributed by atoms with E-state index in [0.29, 0.717) is 22.9 Å². The Balaban J connectivity index is 1.54. The molecule has 0 saturated carbocycles. The second-order valence-corrected chi connectivity index (χ2v) is 6.86. The number of fused-ring (bicyclic) bond motifs is 5. The predicted octanol–water partition coefficient (Wildman–Crippen LogP) is 4.54. The Hall–Kier alpha value is -4.20. The molecule has 0 saturated heterocycles. The van der Waals surface area contributed by atoms with Crippen LogP contribution in [0, 0.1) is 11.6 Å². The van der Waals surface area contributed by atoms with Gasteiger partial charge in [0.15, 0.2) is 22.9 Å². The van der Waals surface area contributed by atoms with E-state index in [1.165, 1.54) is 24.3 Å². The van der Waals surface area contributed by atoms with Gasteiger partial charge < -0.3 is 0 Å². The maximum Gasteiger partial charge on any atom is 0.182 e. The molecule has 0 N–H and O–H groups in total. The first kappa shape index (κ1) is 16.7. The summed E-state index contributed by atoms with van der Waals surface area (Å²) in [6.45, 7) is 0. The average molecular weight is 398 g/mol. The highest BCUT2D eigenvalue weighted by Gasteiger charge is 2.13. The van der Waals surface area contributed by atoms with Crippen molar-refractivity contribution < 1.29 is 8.78 Å². The highest BCUT2D eigenvalue weighted by molar-refractivity contribution is 5.81. The van der Waals surface area contributed by atoms with E-state index in [4.69, 9.17) is 0 Å². The van der Waals surface area contributed by atoms with E-state index in [0.717, 1.165) is 22.2 Å². The Bertz CT molecular complexity index is 1430. The second kappa shape index (κ2) is 6.15. The Morgan fingerprint density at radius 1 is 0.500 bits per heavy atom. The molecule has 6 aromatic rings. The van der Waals surface area contributed by atoms with Crippen LogP contribution in [-0.2, 0) is 0 Å². The number of hydrogen-bond acceptors (Lipinski definition) is 4. The van der Waals surface area contributed by atoms with Crippen LogP contribution >= 0.6 is 0 Å². The maximum atomic E-state index is 13.2. The number of hydrogen-bond donors (Lipinski definition) is 0. The van der Waals surface area contributed by atoms with Crippen LogP contribution in [-0.4, -0.2) is 29.2 Å². The van der Waals surface area contributed by atoms with Crippen molar-refractivity contribution in [1.82, 2.24) is 29.2 Å². The summed E-state index contributed by atoms with van der Waals surface area (Å²) in [5, 5.41) is 9.20. The minimum Gasteiger partial charge on any atom is -0.211 e. The molecule has 6 nitrogen and oxygen atoms in total.